The molecule has 0 radical (unpaired) electrons. The van der Waals surface area contributed by atoms with E-state index in [1.807, 2.05) is 4.90 Å². The quantitative estimate of drug-likeness (QED) is 0.665. The molecule has 1 saturated heterocycles. The Balaban J connectivity index is 1.90. The molecule has 9 nitrogen and oxygen atoms in total. The van der Waals surface area contributed by atoms with Gasteiger partial charge < -0.3 is 15.0 Å². The van der Waals surface area contributed by atoms with Gasteiger partial charge in [0, 0.05) is 29.4 Å². The van der Waals surface area contributed by atoms with Crippen molar-refractivity contribution in [1.29, 1.82) is 5.26 Å². The van der Waals surface area contributed by atoms with Crippen LogP contribution in [0, 0.1) is 18.3 Å². The number of aromatic nitrogens is 3. The molecule has 0 atom stereocenters. The van der Waals surface area contributed by atoms with E-state index in [-0.39, 0.29) is 11.2 Å². The summed E-state index contributed by atoms with van der Waals surface area (Å²) in [5.74, 6) is 0.437. The largest absolute Gasteiger partial charge is 0.442 e. The van der Waals surface area contributed by atoms with Crippen molar-refractivity contribution in [2.75, 3.05) is 25.0 Å². The number of nitriles is 1. The van der Waals surface area contributed by atoms with Gasteiger partial charge in [-0.1, -0.05) is 24.3 Å². The number of rotatable bonds is 5. The summed E-state index contributed by atoms with van der Waals surface area (Å²) in [6.45, 7) is 5.93. The van der Waals surface area contributed by atoms with Gasteiger partial charge in [-0.25, -0.2) is 18.6 Å². The second-order valence-corrected chi connectivity index (χ2v) is 8.12. The summed E-state index contributed by atoms with van der Waals surface area (Å²) in [6, 6.07) is 1.80. The molecule has 1 fully saturated rings. The third-order valence-electron chi connectivity index (χ3n) is 5.46. The van der Waals surface area contributed by atoms with E-state index in [1.54, 1.807) is 37.3 Å². The lowest BCUT2D eigenvalue weighted by Crippen LogP contribution is -2.54. The Bertz CT molecular complexity index is 1380. The van der Waals surface area contributed by atoms with Gasteiger partial charge in [-0.2, -0.15) is 14.9 Å². The maximum atomic E-state index is 13.7. The molecule has 2 aliphatic rings. The number of carbonyl (C=O) groups is 1. The molecule has 35 heavy (non-hydrogen) atoms. The third-order valence-corrected chi connectivity index (χ3v) is 5.69. The molecule has 1 N–H and O–H groups in total. The molecule has 180 valence electrons. The molecule has 0 unspecified atom stereocenters. The number of anilines is 1. The van der Waals surface area contributed by atoms with E-state index in [2.05, 4.69) is 27.0 Å². The molecule has 1 aliphatic carbocycles. The lowest BCUT2D eigenvalue weighted by atomic mass is 10.0. The van der Waals surface area contributed by atoms with Crippen molar-refractivity contribution in [2.45, 2.75) is 19.5 Å². The van der Waals surface area contributed by atoms with Crippen LogP contribution in [-0.4, -0.2) is 52.6 Å². The number of nitrogens with one attached hydrogen (secondary N) is 1. The van der Waals surface area contributed by atoms with Gasteiger partial charge in [-0.15, -0.1) is 0 Å². The molecular weight excluding hydrogens is 480 g/mol. The summed E-state index contributed by atoms with van der Waals surface area (Å²) in [4.78, 5) is 22.1. The Morgan fingerprint density at radius 3 is 2.83 bits per heavy atom. The highest BCUT2D eigenvalue weighted by atomic mass is 35.5. The Kier molecular flexibility index (Phi) is 6.66. The number of amides is 1. The SMILES string of the molecule is C=CN=C1C=C(Cl)C=C/C1=C\c1c(C)nc2c(C#N)c(C(F)F)nn2c1N1CC(OC(=O)NC)C1. The lowest BCUT2D eigenvalue weighted by molar-refractivity contribution is 0.0821. The summed E-state index contributed by atoms with van der Waals surface area (Å²) < 4.78 is 33.9. The second-order valence-electron chi connectivity index (χ2n) is 7.68. The summed E-state index contributed by atoms with van der Waals surface area (Å²) in [6.07, 6.45) is 4.37. The van der Waals surface area contributed by atoms with Crippen LogP contribution in [-0.2, 0) is 4.74 Å². The van der Waals surface area contributed by atoms with Crippen molar-refractivity contribution < 1.29 is 18.3 Å². The van der Waals surface area contributed by atoms with E-state index in [1.165, 1.54) is 17.8 Å². The van der Waals surface area contributed by atoms with Crippen molar-refractivity contribution in [3.8, 4) is 6.07 Å². The monoisotopic (exact) mass is 499 g/mol. The highest BCUT2D eigenvalue weighted by Crippen LogP contribution is 2.34. The molecule has 3 heterocycles. The van der Waals surface area contributed by atoms with E-state index >= 15 is 0 Å². The minimum absolute atomic E-state index is 0.0234. The zero-order valence-electron chi connectivity index (χ0n) is 18.8. The lowest BCUT2D eigenvalue weighted by Gasteiger charge is -2.40. The topological polar surface area (TPSA) is 108 Å². The normalized spacial score (nSPS) is 18.1. The van der Waals surface area contributed by atoms with Crippen LogP contribution in [0.1, 0.15) is 28.9 Å². The number of aliphatic imine (C=N–C) groups is 1. The van der Waals surface area contributed by atoms with Crippen molar-refractivity contribution in [3.63, 3.8) is 0 Å². The van der Waals surface area contributed by atoms with Crippen LogP contribution >= 0.6 is 11.6 Å². The first-order chi connectivity index (χ1) is 16.8. The van der Waals surface area contributed by atoms with Gasteiger partial charge in [0.15, 0.2) is 5.65 Å². The van der Waals surface area contributed by atoms with Gasteiger partial charge in [-0.3, -0.25) is 4.99 Å². The summed E-state index contributed by atoms with van der Waals surface area (Å²) >= 11 is 6.12. The number of alkyl halides is 2. The Hall–Kier alpha value is -4.04. The van der Waals surface area contributed by atoms with Crippen LogP contribution in [0.3, 0.4) is 0 Å². The van der Waals surface area contributed by atoms with Crippen molar-refractivity contribution >= 4 is 40.9 Å². The van der Waals surface area contributed by atoms with Crippen LogP contribution in [0.15, 0.2) is 46.6 Å². The highest BCUT2D eigenvalue weighted by Gasteiger charge is 2.35. The molecule has 12 heteroatoms. The van der Waals surface area contributed by atoms with E-state index in [0.717, 1.165) is 0 Å². The van der Waals surface area contributed by atoms with Gasteiger partial charge in [0.05, 0.1) is 24.5 Å². The summed E-state index contributed by atoms with van der Waals surface area (Å²) in [5, 5.41) is 16.5. The molecule has 4 rings (SSSR count). The number of carbonyl (C=O) groups excluding carboxylic acids is 1. The fraction of sp³-hybridized carbons (Fsp3) is 0.261. The number of ether oxygens (including phenoxy) is 1. The predicted octanol–water partition coefficient (Wildman–Crippen LogP) is 4.05. The van der Waals surface area contributed by atoms with E-state index in [9.17, 15) is 18.8 Å². The van der Waals surface area contributed by atoms with Gasteiger partial charge >= 0.3 is 6.09 Å². The zero-order chi connectivity index (χ0) is 25.3. The molecule has 2 aromatic rings. The van der Waals surface area contributed by atoms with E-state index < -0.39 is 24.3 Å². The smallest absolute Gasteiger partial charge is 0.407 e. The number of fused-ring (bicyclic) bond motifs is 1. The molecule has 2 aromatic heterocycles. The highest BCUT2D eigenvalue weighted by molar-refractivity contribution is 6.35. The standard InChI is InChI=1S/C23H20ClF2N7O2/c1-4-29-18-8-14(24)6-5-13(18)7-16-12(2)30-21-17(9-27)19(20(25)26)31-33(21)22(16)32-10-15(11-32)35-23(34)28-3/h4-8,15,20H,1,10-11H2,2-3H3,(H,28,34)/b13-7+,29-18?. The molecule has 0 bridgehead atoms. The van der Waals surface area contributed by atoms with Crippen LogP contribution < -0.4 is 10.2 Å². The van der Waals surface area contributed by atoms with Gasteiger partial charge in [0.1, 0.15) is 29.2 Å². The predicted molar refractivity (Wildman–Crippen MR) is 128 cm³/mol. The maximum Gasteiger partial charge on any atom is 0.407 e. The molecule has 1 amide bonds. The first-order valence-electron chi connectivity index (χ1n) is 10.5. The first-order valence-corrected chi connectivity index (χ1v) is 10.9. The summed E-state index contributed by atoms with van der Waals surface area (Å²) in [7, 11) is 1.46. The fourth-order valence-electron chi connectivity index (χ4n) is 3.81. The third kappa shape index (κ3) is 4.52. The molecular formula is C23H20ClF2N7O2. The van der Waals surface area contributed by atoms with Gasteiger partial charge in [0.2, 0.25) is 0 Å². The minimum Gasteiger partial charge on any atom is -0.442 e. The van der Waals surface area contributed by atoms with Crippen LogP contribution in [0.4, 0.5) is 19.4 Å². The average molecular weight is 500 g/mol. The van der Waals surface area contributed by atoms with Crippen molar-refractivity contribution in [2.24, 2.45) is 4.99 Å². The van der Waals surface area contributed by atoms with Gasteiger partial charge in [-0.05, 0) is 25.2 Å². The van der Waals surface area contributed by atoms with Crippen LogP contribution in [0.25, 0.3) is 11.7 Å². The van der Waals surface area contributed by atoms with Crippen LogP contribution in [0.2, 0.25) is 0 Å². The van der Waals surface area contributed by atoms with E-state index in [4.69, 9.17) is 16.3 Å². The van der Waals surface area contributed by atoms with Crippen molar-refractivity contribution in [3.05, 3.63) is 64.1 Å². The number of allylic oxidation sites excluding steroid dienone is 5. The minimum atomic E-state index is -2.96. The van der Waals surface area contributed by atoms with Crippen molar-refractivity contribution in [1.82, 2.24) is 19.9 Å². The van der Waals surface area contributed by atoms with Crippen LogP contribution in [0.5, 0.6) is 0 Å². The molecule has 0 spiro atoms. The maximum absolute atomic E-state index is 13.7. The average Bonchev–Trinajstić information content (AvgIpc) is 3.16. The Labute approximate surface area is 204 Å². The number of halogens is 3. The Morgan fingerprint density at radius 2 is 2.20 bits per heavy atom. The zero-order valence-corrected chi connectivity index (χ0v) is 19.6. The number of hydrogen-bond donors (Lipinski definition) is 1. The number of nitrogens with zero attached hydrogens (tertiary/aromatic N) is 6. The van der Waals surface area contributed by atoms with E-state index in [0.29, 0.717) is 46.5 Å². The molecule has 0 aromatic carbocycles. The molecule has 0 saturated carbocycles. The number of aryl methyl sites for hydroxylation is 1. The first kappa shape index (κ1) is 24.1. The Morgan fingerprint density at radius 1 is 1.46 bits per heavy atom. The van der Waals surface area contributed by atoms with Gasteiger partial charge in [0.25, 0.3) is 6.43 Å². The molecule has 1 aliphatic heterocycles. The summed E-state index contributed by atoms with van der Waals surface area (Å²) in [5.41, 5.74) is 1.38. The second kappa shape index (κ2) is 9.68. The fourth-order valence-corrected chi connectivity index (χ4v) is 3.97. The number of alkyl carbamates (subject to hydrolysis) is 1. The number of hydrogen-bond acceptors (Lipinski definition) is 7.